The molecule has 3 rings (SSSR count). The maximum Gasteiger partial charge on any atom is 0.226 e. The monoisotopic (exact) mass is 273 g/mol. The fourth-order valence-electron chi connectivity index (χ4n) is 3.45. The minimum atomic E-state index is 0.166. The molecular formula is C16H23N3O. The molecule has 1 aromatic rings. The predicted octanol–water partition coefficient (Wildman–Crippen LogP) is 2.48. The highest BCUT2D eigenvalue weighted by Gasteiger charge is 2.47. The number of hydrogen-bond donors (Lipinski definition) is 0. The Balaban J connectivity index is 1.66. The molecule has 4 heteroatoms. The molecule has 2 fully saturated rings. The van der Waals surface area contributed by atoms with E-state index in [1.807, 2.05) is 30.2 Å². The zero-order valence-corrected chi connectivity index (χ0v) is 12.2. The van der Waals surface area contributed by atoms with Crippen LogP contribution in [0.1, 0.15) is 43.6 Å². The minimum absolute atomic E-state index is 0.166. The fourth-order valence-corrected chi connectivity index (χ4v) is 3.45. The Labute approximate surface area is 120 Å². The van der Waals surface area contributed by atoms with E-state index in [2.05, 4.69) is 16.6 Å². The topological polar surface area (TPSA) is 38.1 Å². The Morgan fingerprint density at radius 2 is 2.30 bits per heavy atom. The molecule has 2 aliphatic rings. The smallest absolute Gasteiger partial charge is 0.226 e. The van der Waals surface area contributed by atoms with Crippen molar-refractivity contribution in [1.29, 1.82) is 0 Å². The summed E-state index contributed by atoms with van der Waals surface area (Å²) >= 11 is 0. The van der Waals surface area contributed by atoms with Crippen molar-refractivity contribution in [3.8, 4) is 0 Å². The quantitative estimate of drug-likeness (QED) is 0.773. The second-order valence-corrected chi connectivity index (χ2v) is 6.11. The summed E-state index contributed by atoms with van der Waals surface area (Å²) in [6, 6.07) is 0.440. The van der Waals surface area contributed by atoms with Crippen LogP contribution in [0, 0.1) is 5.92 Å². The van der Waals surface area contributed by atoms with Crippen LogP contribution in [0.25, 0.3) is 0 Å². The molecule has 2 atom stereocenters. The highest BCUT2D eigenvalue weighted by Crippen LogP contribution is 2.48. The fraction of sp³-hybridized carbons (Fsp3) is 0.625. The van der Waals surface area contributed by atoms with Gasteiger partial charge in [-0.05, 0) is 30.7 Å². The normalized spacial score (nSPS) is 25.6. The predicted molar refractivity (Wildman–Crippen MR) is 78.2 cm³/mol. The zero-order valence-electron chi connectivity index (χ0n) is 12.2. The second kappa shape index (κ2) is 5.43. The van der Waals surface area contributed by atoms with Gasteiger partial charge in [0.15, 0.2) is 0 Å². The molecule has 0 spiro atoms. The first-order valence-electron chi connectivity index (χ1n) is 7.60. The first-order chi connectivity index (χ1) is 9.70. The number of nitrogens with zero attached hydrogens (tertiary/aromatic N) is 3. The summed E-state index contributed by atoms with van der Waals surface area (Å²) in [5.74, 6) is 0.871. The van der Waals surface area contributed by atoms with E-state index in [-0.39, 0.29) is 5.92 Å². The molecule has 4 nitrogen and oxygen atoms in total. The van der Waals surface area contributed by atoms with Gasteiger partial charge in [0.1, 0.15) is 0 Å². The molecular weight excluding hydrogens is 250 g/mol. The number of amides is 1. The lowest BCUT2D eigenvalue weighted by Crippen LogP contribution is -2.40. The van der Waals surface area contributed by atoms with Crippen molar-refractivity contribution >= 4 is 5.91 Å². The highest BCUT2D eigenvalue weighted by atomic mass is 16.2. The number of carbonyl (C=O) groups is 1. The van der Waals surface area contributed by atoms with Gasteiger partial charge in [0.05, 0.1) is 6.20 Å². The van der Waals surface area contributed by atoms with Crippen LogP contribution < -0.4 is 0 Å². The van der Waals surface area contributed by atoms with E-state index in [9.17, 15) is 4.79 Å². The Bertz CT molecular complexity index is 502. The van der Waals surface area contributed by atoms with Crippen LogP contribution in [-0.4, -0.2) is 33.2 Å². The molecule has 108 valence electrons. The lowest BCUT2D eigenvalue weighted by molar-refractivity contribution is -0.134. The van der Waals surface area contributed by atoms with Gasteiger partial charge >= 0.3 is 0 Å². The van der Waals surface area contributed by atoms with Crippen molar-refractivity contribution in [1.82, 2.24) is 14.7 Å². The molecule has 2 aliphatic carbocycles. The molecule has 0 aliphatic heterocycles. The van der Waals surface area contributed by atoms with Crippen molar-refractivity contribution in [3.63, 3.8) is 0 Å². The van der Waals surface area contributed by atoms with Crippen LogP contribution in [0.5, 0.6) is 0 Å². The molecule has 0 unspecified atom stereocenters. The van der Waals surface area contributed by atoms with E-state index in [1.165, 1.54) is 18.4 Å². The molecule has 1 aromatic heterocycles. The summed E-state index contributed by atoms with van der Waals surface area (Å²) in [5.41, 5.74) is 1.20. The van der Waals surface area contributed by atoms with Crippen LogP contribution >= 0.6 is 0 Å². The Morgan fingerprint density at radius 3 is 2.90 bits per heavy atom. The van der Waals surface area contributed by atoms with Gasteiger partial charge in [-0.15, -0.1) is 6.58 Å². The van der Waals surface area contributed by atoms with E-state index in [4.69, 9.17) is 0 Å². The van der Waals surface area contributed by atoms with Crippen molar-refractivity contribution in [2.75, 3.05) is 6.54 Å². The number of rotatable bonds is 5. The van der Waals surface area contributed by atoms with Gasteiger partial charge in [0.25, 0.3) is 0 Å². The molecule has 0 radical (unpaired) electrons. The number of carbonyl (C=O) groups excluding carboxylic acids is 1. The first-order valence-corrected chi connectivity index (χ1v) is 7.60. The van der Waals surface area contributed by atoms with Gasteiger partial charge < -0.3 is 4.90 Å². The molecule has 0 N–H and O–H groups in total. The van der Waals surface area contributed by atoms with Crippen LogP contribution in [0.3, 0.4) is 0 Å². The van der Waals surface area contributed by atoms with E-state index >= 15 is 0 Å². The minimum Gasteiger partial charge on any atom is -0.336 e. The molecule has 1 heterocycles. The third-order valence-electron chi connectivity index (χ3n) is 4.63. The Hall–Kier alpha value is -1.58. The lowest BCUT2D eigenvalue weighted by Gasteiger charge is -2.28. The first kappa shape index (κ1) is 13.4. The van der Waals surface area contributed by atoms with Crippen LogP contribution in [0.4, 0.5) is 0 Å². The van der Waals surface area contributed by atoms with Gasteiger partial charge in [0, 0.05) is 31.7 Å². The summed E-state index contributed by atoms with van der Waals surface area (Å²) in [4.78, 5) is 14.8. The van der Waals surface area contributed by atoms with E-state index < -0.39 is 0 Å². The van der Waals surface area contributed by atoms with Crippen molar-refractivity contribution in [2.45, 2.75) is 44.1 Å². The third kappa shape index (κ3) is 2.51. The summed E-state index contributed by atoms with van der Waals surface area (Å²) in [6.45, 7) is 4.50. The summed E-state index contributed by atoms with van der Waals surface area (Å²) in [7, 11) is 1.92. The molecule has 0 aromatic carbocycles. The van der Waals surface area contributed by atoms with Crippen LogP contribution in [-0.2, 0) is 11.8 Å². The summed E-state index contributed by atoms with van der Waals surface area (Å²) < 4.78 is 1.81. The maximum absolute atomic E-state index is 12.7. The number of aryl methyl sites for hydroxylation is 1. The van der Waals surface area contributed by atoms with E-state index in [0.29, 0.717) is 24.4 Å². The number of aromatic nitrogens is 2. The molecule has 2 saturated carbocycles. The average molecular weight is 273 g/mol. The third-order valence-corrected chi connectivity index (χ3v) is 4.63. The Morgan fingerprint density at radius 1 is 1.55 bits per heavy atom. The average Bonchev–Trinajstić information content (AvgIpc) is 2.85. The largest absolute Gasteiger partial charge is 0.336 e. The van der Waals surface area contributed by atoms with Crippen LogP contribution in [0.15, 0.2) is 25.0 Å². The standard InChI is InChI=1S/C16H23N3O/c1-3-8-19(13-6-4-5-7-13)16(20)15-9-14(15)12-10-17-18(2)11-12/h3,10-11,13-15H,1,4-9H2,2H3/t14-,15-/m0/s1. The summed E-state index contributed by atoms with van der Waals surface area (Å²) in [5, 5.41) is 4.21. The van der Waals surface area contributed by atoms with E-state index in [1.54, 1.807) is 0 Å². The van der Waals surface area contributed by atoms with Gasteiger partial charge in [-0.3, -0.25) is 9.48 Å². The van der Waals surface area contributed by atoms with Gasteiger partial charge in [-0.25, -0.2) is 0 Å². The molecule has 0 bridgehead atoms. The van der Waals surface area contributed by atoms with Crippen LogP contribution in [0.2, 0.25) is 0 Å². The van der Waals surface area contributed by atoms with Gasteiger partial charge in [-0.2, -0.15) is 5.10 Å². The van der Waals surface area contributed by atoms with Gasteiger partial charge in [0.2, 0.25) is 5.91 Å². The van der Waals surface area contributed by atoms with Gasteiger partial charge in [-0.1, -0.05) is 18.9 Å². The SMILES string of the molecule is C=CCN(C(=O)[C@H]1C[C@H]1c1cnn(C)c1)C1CCCC1. The van der Waals surface area contributed by atoms with Crippen molar-refractivity contribution < 1.29 is 4.79 Å². The molecule has 1 amide bonds. The molecule has 20 heavy (non-hydrogen) atoms. The zero-order chi connectivity index (χ0) is 14.1. The Kier molecular flexibility index (Phi) is 3.64. The highest BCUT2D eigenvalue weighted by molar-refractivity contribution is 5.83. The van der Waals surface area contributed by atoms with Crippen molar-refractivity contribution in [2.24, 2.45) is 13.0 Å². The maximum atomic E-state index is 12.7. The lowest BCUT2D eigenvalue weighted by atomic mass is 10.1. The molecule has 0 saturated heterocycles. The number of hydrogen-bond acceptors (Lipinski definition) is 2. The van der Waals surface area contributed by atoms with Crippen molar-refractivity contribution in [3.05, 3.63) is 30.6 Å². The van der Waals surface area contributed by atoms with E-state index in [0.717, 1.165) is 19.3 Å². The summed E-state index contributed by atoms with van der Waals surface area (Å²) in [6.07, 6.45) is 11.6. The second-order valence-electron chi connectivity index (χ2n) is 6.11.